The number of aromatic hydroxyl groups is 1. The third-order valence-corrected chi connectivity index (χ3v) is 2.51. The minimum absolute atomic E-state index is 0.0495. The number of rotatable bonds is 4. The van der Waals surface area contributed by atoms with Gasteiger partial charge in [0.25, 0.3) is 5.91 Å². The Kier molecular flexibility index (Phi) is 4.28. The zero-order valence-corrected chi connectivity index (χ0v) is 10.0. The highest BCUT2D eigenvalue weighted by Gasteiger charge is 2.25. The smallest absolute Gasteiger partial charge is 0.328 e. The van der Waals surface area contributed by atoms with Crippen molar-refractivity contribution in [3.05, 3.63) is 29.3 Å². The number of nitrogens with one attached hydrogen (secondary N) is 1. The fourth-order valence-electron chi connectivity index (χ4n) is 1.36. The second kappa shape index (κ2) is 5.50. The Morgan fingerprint density at radius 3 is 2.39 bits per heavy atom. The Morgan fingerprint density at radius 2 is 1.94 bits per heavy atom. The van der Waals surface area contributed by atoms with Crippen LogP contribution in [0.1, 0.15) is 22.8 Å². The first kappa shape index (κ1) is 14.0. The average Bonchev–Trinajstić information content (AvgIpc) is 2.28. The first-order chi connectivity index (χ1) is 8.32. The van der Waals surface area contributed by atoms with Crippen LogP contribution in [-0.2, 0) is 4.79 Å². The van der Waals surface area contributed by atoms with Crippen LogP contribution in [0.5, 0.6) is 5.75 Å². The summed E-state index contributed by atoms with van der Waals surface area (Å²) in [6.07, 6.45) is -1.22. The normalized spacial score (nSPS) is 13.7. The molecule has 6 heteroatoms. The monoisotopic (exact) mass is 253 g/mol. The zero-order valence-electron chi connectivity index (χ0n) is 10.0. The Morgan fingerprint density at radius 1 is 1.33 bits per heavy atom. The van der Waals surface area contributed by atoms with E-state index in [0.29, 0.717) is 5.56 Å². The van der Waals surface area contributed by atoms with Crippen molar-refractivity contribution in [1.82, 2.24) is 5.32 Å². The molecule has 0 heterocycles. The highest BCUT2D eigenvalue weighted by atomic mass is 16.4. The highest BCUT2D eigenvalue weighted by Crippen LogP contribution is 2.17. The molecule has 0 fully saturated rings. The number of aryl methyl sites for hydroxylation is 1. The van der Waals surface area contributed by atoms with Crippen LogP contribution in [0.4, 0.5) is 0 Å². The molecule has 1 aromatic carbocycles. The zero-order chi connectivity index (χ0) is 13.9. The topological polar surface area (TPSA) is 107 Å². The molecular formula is C12H15NO5. The summed E-state index contributed by atoms with van der Waals surface area (Å²) in [7, 11) is 0. The van der Waals surface area contributed by atoms with Gasteiger partial charge in [0.15, 0.2) is 6.04 Å². The molecule has 6 nitrogen and oxygen atoms in total. The number of benzene rings is 1. The minimum Gasteiger partial charge on any atom is -0.508 e. The van der Waals surface area contributed by atoms with E-state index in [-0.39, 0.29) is 11.3 Å². The van der Waals surface area contributed by atoms with E-state index < -0.39 is 24.0 Å². The van der Waals surface area contributed by atoms with E-state index in [1.807, 2.05) is 0 Å². The van der Waals surface area contributed by atoms with Gasteiger partial charge in [-0.1, -0.05) is 6.07 Å². The summed E-state index contributed by atoms with van der Waals surface area (Å²) < 4.78 is 0. The van der Waals surface area contributed by atoms with E-state index in [2.05, 4.69) is 5.32 Å². The number of hydrogen-bond acceptors (Lipinski definition) is 4. The Labute approximate surface area is 104 Å². The van der Waals surface area contributed by atoms with E-state index in [4.69, 9.17) is 5.11 Å². The van der Waals surface area contributed by atoms with Gasteiger partial charge < -0.3 is 20.6 Å². The standard InChI is InChI=1S/C12H15NO5/c1-6-3-4-8(5-9(6)15)11(16)13-10(7(2)14)12(17)18/h3-5,7,10,14-15H,1-2H3,(H,13,16)(H,17,18). The number of phenols is 1. The fourth-order valence-corrected chi connectivity index (χ4v) is 1.36. The van der Waals surface area contributed by atoms with Gasteiger partial charge in [-0.3, -0.25) is 4.79 Å². The fraction of sp³-hybridized carbons (Fsp3) is 0.333. The van der Waals surface area contributed by atoms with E-state index in [0.717, 1.165) is 0 Å². The second-order valence-electron chi connectivity index (χ2n) is 4.03. The van der Waals surface area contributed by atoms with Crippen molar-refractivity contribution in [3.63, 3.8) is 0 Å². The maximum Gasteiger partial charge on any atom is 0.328 e. The first-order valence-electron chi connectivity index (χ1n) is 5.34. The summed E-state index contributed by atoms with van der Waals surface area (Å²) >= 11 is 0. The Hall–Kier alpha value is -2.08. The summed E-state index contributed by atoms with van der Waals surface area (Å²) in [4.78, 5) is 22.5. The lowest BCUT2D eigenvalue weighted by molar-refractivity contribution is -0.141. The largest absolute Gasteiger partial charge is 0.508 e. The van der Waals surface area contributed by atoms with Crippen LogP contribution < -0.4 is 5.32 Å². The second-order valence-corrected chi connectivity index (χ2v) is 4.03. The third kappa shape index (κ3) is 3.21. The molecule has 0 saturated carbocycles. The lowest BCUT2D eigenvalue weighted by atomic mass is 10.1. The van der Waals surface area contributed by atoms with E-state index in [1.54, 1.807) is 13.0 Å². The van der Waals surface area contributed by atoms with Crippen molar-refractivity contribution in [2.24, 2.45) is 0 Å². The number of aliphatic carboxylic acids is 1. The van der Waals surface area contributed by atoms with Crippen molar-refractivity contribution < 1.29 is 24.9 Å². The maximum atomic E-state index is 11.7. The average molecular weight is 253 g/mol. The van der Waals surface area contributed by atoms with Crippen LogP contribution in [0.25, 0.3) is 0 Å². The van der Waals surface area contributed by atoms with E-state index in [9.17, 15) is 19.8 Å². The van der Waals surface area contributed by atoms with Gasteiger partial charge in [-0.2, -0.15) is 0 Å². The summed E-state index contributed by atoms with van der Waals surface area (Å²) in [5, 5.41) is 29.7. The molecule has 1 aromatic rings. The number of amides is 1. The van der Waals surface area contributed by atoms with Gasteiger partial charge in [0.1, 0.15) is 5.75 Å². The molecule has 1 rings (SSSR count). The van der Waals surface area contributed by atoms with Gasteiger partial charge in [-0.15, -0.1) is 0 Å². The molecule has 0 radical (unpaired) electrons. The summed E-state index contributed by atoms with van der Waals surface area (Å²) in [5.41, 5.74) is 0.738. The van der Waals surface area contributed by atoms with Crippen molar-refractivity contribution >= 4 is 11.9 Å². The van der Waals surface area contributed by atoms with Gasteiger partial charge in [0, 0.05) is 5.56 Å². The molecule has 98 valence electrons. The molecule has 0 aromatic heterocycles. The third-order valence-electron chi connectivity index (χ3n) is 2.51. The number of carboxylic acids is 1. The Bertz CT molecular complexity index is 470. The van der Waals surface area contributed by atoms with Crippen LogP contribution in [0.3, 0.4) is 0 Å². The lowest BCUT2D eigenvalue weighted by Crippen LogP contribution is -2.47. The SMILES string of the molecule is Cc1ccc(C(=O)NC(C(=O)O)C(C)O)cc1O. The molecule has 0 aliphatic carbocycles. The van der Waals surface area contributed by atoms with Gasteiger partial charge >= 0.3 is 5.97 Å². The van der Waals surface area contributed by atoms with Crippen LogP contribution in [0.15, 0.2) is 18.2 Å². The molecule has 2 atom stereocenters. The quantitative estimate of drug-likeness (QED) is 0.616. The number of carbonyl (C=O) groups is 2. The van der Waals surface area contributed by atoms with Crippen molar-refractivity contribution in [2.75, 3.05) is 0 Å². The van der Waals surface area contributed by atoms with Gasteiger partial charge in [0.05, 0.1) is 6.10 Å². The number of aliphatic hydroxyl groups excluding tert-OH is 1. The van der Waals surface area contributed by atoms with Crippen LogP contribution in [-0.4, -0.2) is 39.3 Å². The van der Waals surface area contributed by atoms with E-state index in [1.165, 1.54) is 19.1 Å². The number of aliphatic hydroxyl groups is 1. The maximum absolute atomic E-state index is 11.7. The van der Waals surface area contributed by atoms with Crippen LogP contribution >= 0.6 is 0 Å². The lowest BCUT2D eigenvalue weighted by Gasteiger charge is -2.17. The van der Waals surface area contributed by atoms with Crippen molar-refractivity contribution in [3.8, 4) is 5.75 Å². The van der Waals surface area contributed by atoms with Crippen LogP contribution in [0.2, 0.25) is 0 Å². The predicted octanol–water partition coefficient (Wildman–Crippen LogP) is 0.264. The minimum atomic E-state index is -1.39. The van der Waals surface area contributed by atoms with Gasteiger partial charge in [-0.05, 0) is 31.5 Å². The van der Waals surface area contributed by atoms with E-state index >= 15 is 0 Å². The highest BCUT2D eigenvalue weighted by molar-refractivity contribution is 5.97. The molecule has 0 bridgehead atoms. The molecule has 18 heavy (non-hydrogen) atoms. The molecule has 0 saturated heterocycles. The summed E-state index contributed by atoms with van der Waals surface area (Å²) in [6, 6.07) is 2.86. The predicted molar refractivity (Wildman–Crippen MR) is 63.4 cm³/mol. The first-order valence-corrected chi connectivity index (χ1v) is 5.34. The summed E-state index contributed by atoms with van der Waals surface area (Å²) in [5.74, 6) is -2.04. The Balaban J connectivity index is 2.87. The molecular weight excluding hydrogens is 238 g/mol. The molecule has 2 unspecified atom stereocenters. The van der Waals surface area contributed by atoms with Gasteiger partial charge in [-0.25, -0.2) is 4.79 Å². The van der Waals surface area contributed by atoms with Crippen LogP contribution in [0, 0.1) is 6.92 Å². The van der Waals surface area contributed by atoms with Crippen molar-refractivity contribution in [2.45, 2.75) is 26.0 Å². The molecule has 4 N–H and O–H groups in total. The molecule has 1 amide bonds. The number of carboxylic acid groups (broad SMARTS) is 1. The molecule has 0 aliphatic rings. The van der Waals surface area contributed by atoms with Gasteiger partial charge in [0.2, 0.25) is 0 Å². The summed E-state index contributed by atoms with van der Waals surface area (Å²) in [6.45, 7) is 2.94. The molecule has 0 spiro atoms. The number of carbonyl (C=O) groups excluding carboxylic acids is 1. The number of hydrogen-bond donors (Lipinski definition) is 4. The van der Waals surface area contributed by atoms with Crippen molar-refractivity contribution in [1.29, 1.82) is 0 Å². The molecule has 0 aliphatic heterocycles. The number of phenolic OH excluding ortho intramolecular Hbond substituents is 1.